The molecule has 0 fully saturated rings. The fourth-order valence-corrected chi connectivity index (χ4v) is 1.76. The van der Waals surface area contributed by atoms with Crippen molar-refractivity contribution in [2.45, 2.75) is 25.8 Å². The summed E-state index contributed by atoms with van der Waals surface area (Å²) >= 11 is 0. The molecule has 0 aromatic heterocycles. The van der Waals surface area contributed by atoms with Crippen molar-refractivity contribution in [1.29, 1.82) is 0 Å². The highest BCUT2D eigenvalue weighted by Crippen LogP contribution is 2.34. The molecule has 14 heavy (non-hydrogen) atoms. The number of benzene rings is 1. The van der Waals surface area contributed by atoms with E-state index in [-0.39, 0.29) is 5.54 Å². The summed E-state index contributed by atoms with van der Waals surface area (Å²) in [4.78, 5) is 0. The molecule has 0 saturated carbocycles. The van der Waals surface area contributed by atoms with Gasteiger partial charge in [0.05, 0.1) is 0 Å². The van der Waals surface area contributed by atoms with Crippen LogP contribution in [0.5, 0.6) is 5.75 Å². The van der Waals surface area contributed by atoms with Gasteiger partial charge in [0.25, 0.3) is 0 Å². The summed E-state index contributed by atoms with van der Waals surface area (Å²) < 4.78 is 0. The van der Waals surface area contributed by atoms with Gasteiger partial charge in [0.1, 0.15) is 5.75 Å². The van der Waals surface area contributed by atoms with Crippen molar-refractivity contribution in [2.75, 3.05) is 0 Å². The lowest BCUT2D eigenvalue weighted by Crippen LogP contribution is -2.34. The molecule has 0 bridgehead atoms. The number of hydrogen-bond acceptors (Lipinski definition) is 2. The molecule has 0 atom stereocenters. The minimum atomic E-state index is -0.300. The van der Waals surface area contributed by atoms with Gasteiger partial charge in [-0.15, -0.1) is 0 Å². The first-order valence-electron chi connectivity index (χ1n) is 4.79. The molecule has 0 saturated heterocycles. The summed E-state index contributed by atoms with van der Waals surface area (Å²) in [5.74, 6) is 0.349. The Kier molecular flexibility index (Phi) is 1.89. The molecule has 1 aliphatic carbocycles. The van der Waals surface area contributed by atoms with Crippen LogP contribution in [-0.4, -0.2) is 10.6 Å². The average molecular weight is 189 g/mol. The number of hydrogen-bond donors (Lipinski definition) is 2. The summed E-state index contributed by atoms with van der Waals surface area (Å²) in [5, 5.41) is 9.63. The second-order valence-electron chi connectivity index (χ2n) is 4.42. The number of nitrogens with two attached hydrogens (primary N) is 1. The molecule has 1 aliphatic rings. The van der Waals surface area contributed by atoms with Crippen molar-refractivity contribution in [1.82, 2.24) is 0 Å². The molecule has 2 nitrogen and oxygen atoms in total. The summed E-state index contributed by atoms with van der Waals surface area (Å²) in [6.07, 6.45) is 2.86. The van der Waals surface area contributed by atoms with Gasteiger partial charge in [-0.1, -0.05) is 12.1 Å². The molecule has 1 aromatic rings. The van der Waals surface area contributed by atoms with Gasteiger partial charge in [-0.2, -0.15) is 0 Å². The maximum absolute atomic E-state index is 9.63. The van der Waals surface area contributed by atoms with Crippen LogP contribution in [0, 0.1) is 0 Å². The minimum absolute atomic E-state index is 0.300. The van der Waals surface area contributed by atoms with Gasteiger partial charge in [0, 0.05) is 11.1 Å². The monoisotopic (exact) mass is 189 g/mol. The zero-order chi connectivity index (χ0) is 10.3. The zero-order valence-corrected chi connectivity index (χ0v) is 8.54. The van der Waals surface area contributed by atoms with Crippen LogP contribution >= 0.6 is 0 Å². The van der Waals surface area contributed by atoms with Crippen LogP contribution in [0.1, 0.15) is 25.0 Å². The predicted octanol–water partition coefficient (Wildman–Crippen LogP) is 2.07. The summed E-state index contributed by atoms with van der Waals surface area (Å²) in [6.45, 7) is 3.98. The number of aromatic hydroxyl groups is 1. The quantitative estimate of drug-likeness (QED) is 0.710. The van der Waals surface area contributed by atoms with Gasteiger partial charge >= 0.3 is 0 Å². The Morgan fingerprint density at radius 3 is 2.64 bits per heavy atom. The molecule has 74 valence electrons. The number of phenolic OH excluding ortho intramolecular Hbond substituents is 1. The number of rotatable bonds is 1. The van der Waals surface area contributed by atoms with Crippen LogP contribution < -0.4 is 5.73 Å². The molecular formula is C12H15NO. The number of fused-ring (bicyclic) bond motifs is 1. The normalized spacial score (nSPS) is 15.2. The van der Waals surface area contributed by atoms with Gasteiger partial charge in [-0.25, -0.2) is 0 Å². The van der Waals surface area contributed by atoms with Gasteiger partial charge in [0.2, 0.25) is 0 Å². The summed E-state index contributed by atoms with van der Waals surface area (Å²) in [6, 6.07) is 5.61. The second-order valence-corrected chi connectivity index (χ2v) is 4.42. The average Bonchev–Trinajstić information content (AvgIpc) is 2.48. The molecule has 1 aromatic carbocycles. The van der Waals surface area contributed by atoms with Crippen molar-refractivity contribution in [2.24, 2.45) is 5.73 Å². The van der Waals surface area contributed by atoms with Crippen LogP contribution in [-0.2, 0) is 6.42 Å². The van der Waals surface area contributed by atoms with E-state index in [9.17, 15) is 5.11 Å². The van der Waals surface area contributed by atoms with Crippen LogP contribution in [0.4, 0.5) is 0 Å². The molecule has 0 unspecified atom stereocenters. The topological polar surface area (TPSA) is 46.2 Å². The summed E-state index contributed by atoms with van der Waals surface area (Å²) in [5.41, 5.74) is 8.99. The van der Waals surface area contributed by atoms with Gasteiger partial charge in [-0.05, 0) is 43.5 Å². The molecular weight excluding hydrogens is 174 g/mol. The highest BCUT2D eigenvalue weighted by atomic mass is 16.3. The standard InChI is InChI=1S/C12H15NO/c1-12(2,13)9-6-8-4-3-5-11(14)10(8)7-9/h3-5,7,14H,6,13H2,1-2H3. The lowest BCUT2D eigenvalue weighted by atomic mass is 9.94. The van der Waals surface area contributed by atoms with Crippen molar-refractivity contribution in [3.63, 3.8) is 0 Å². The Bertz CT molecular complexity index is 399. The third kappa shape index (κ3) is 1.42. The van der Waals surface area contributed by atoms with Crippen LogP contribution in [0.3, 0.4) is 0 Å². The maximum Gasteiger partial charge on any atom is 0.123 e. The van der Waals surface area contributed by atoms with E-state index in [0.717, 1.165) is 12.0 Å². The van der Waals surface area contributed by atoms with E-state index in [4.69, 9.17) is 5.73 Å². The Balaban J connectivity index is 2.45. The lowest BCUT2D eigenvalue weighted by Gasteiger charge is -2.20. The minimum Gasteiger partial charge on any atom is -0.507 e. The van der Waals surface area contributed by atoms with Crippen LogP contribution in [0.2, 0.25) is 0 Å². The van der Waals surface area contributed by atoms with Crippen molar-refractivity contribution in [3.8, 4) is 5.75 Å². The highest BCUT2D eigenvalue weighted by Gasteiger charge is 2.24. The predicted molar refractivity (Wildman–Crippen MR) is 58.1 cm³/mol. The maximum atomic E-state index is 9.63. The largest absolute Gasteiger partial charge is 0.507 e. The molecule has 3 N–H and O–H groups in total. The lowest BCUT2D eigenvalue weighted by molar-refractivity contribution is 0.473. The second kappa shape index (κ2) is 2.85. The van der Waals surface area contributed by atoms with E-state index in [2.05, 4.69) is 0 Å². The Labute approximate surface area is 84.1 Å². The number of phenols is 1. The SMILES string of the molecule is CC(C)(N)C1=Cc2c(O)cccc2C1. The fourth-order valence-electron chi connectivity index (χ4n) is 1.76. The van der Waals surface area contributed by atoms with E-state index in [1.54, 1.807) is 6.07 Å². The van der Waals surface area contributed by atoms with E-state index in [1.807, 2.05) is 32.1 Å². The van der Waals surface area contributed by atoms with E-state index >= 15 is 0 Å². The molecule has 2 heteroatoms. The first kappa shape index (κ1) is 9.28. The third-order valence-electron chi connectivity index (χ3n) is 2.70. The zero-order valence-electron chi connectivity index (χ0n) is 8.54. The van der Waals surface area contributed by atoms with Gasteiger partial charge in [-0.3, -0.25) is 0 Å². The van der Waals surface area contributed by atoms with Crippen molar-refractivity contribution in [3.05, 3.63) is 34.9 Å². The Morgan fingerprint density at radius 2 is 2.07 bits per heavy atom. The first-order chi connectivity index (χ1) is 6.48. The molecule has 0 spiro atoms. The smallest absolute Gasteiger partial charge is 0.123 e. The molecule has 0 radical (unpaired) electrons. The van der Waals surface area contributed by atoms with Gasteiger partial charge in [0.15, 0.2) is 0 Å². The van der Waals surface area contributed by atoms with Crippen LogP contribution in [0.25, 0.3) is 6.08 Å². The van der Waals surface area contributed by atoms with E-state index < -0.39 is 0 Å². The third-order valence-corrected chi connectivity index (χ3v) is 2.70. The molecule has 2 rings (SSSR count). The van der Waals surface area contributed by atoms with Crippen LogP contribution in [0.15, 0.2) is 23.8 Å². The van der Waals surface area contributed by atoms with E-state index in [0.29, 0.717) is 5.75 Å². The van der Waals surface area contributed by atoms with Gasteiger partial charge < -0.3 is 10.8 Å². The van der Waals surface area contributed by atoms with Crippen molar-refractivity contribution >= 4 is 6.08 Å². The van der Waals surface area contributed by atoms with Crippen molar-refractivity contribution < 1.29 is 5.11 Å². The Morgan fingerprint density at radius 1 is 1.36 bits per heavy atom. The highest BCUT2D eigenvalue weighted by molar-refractivity contribution is 5.70. The fraction of sp³-hybridized carbons (Fsp3) is 0.333. The molecule has 0 amide bonds. The summed E-state index contributed by atoms with van der Waals surface area (Å²) in [7, 11) is 0. The molecule has 0 heterocycles. The Hall–Kier alpha value is -1.28. The first-order valence-corrected chi connectivity index (χ1v) is 4.79. The molecule has 0 aliphatic heterocycles. The van der Waals surface area contributed by atoms with E-state index in [1.165, 1.54) is 11.1 Å².